The summed E-state index contributed by atoms with van der Waals surface area (Å²) in [5, 5.41) is 8.47. The summed E-state index contributed by atoms with van der Waals surface area (Å²) in [5.74, 6) is 1.63. The topological polar surface area (TPSA) is 35.0 Å². The van der Waals surface area contributed by atoms with Crippen molar-refractivity contribution in [2.24, 2.45) is 0 Å². The van der Waals surface area contributed by atoms with Crippen LogP contribution in [0.1, 0.15) is 5.56 Å². The lowest BCUT2D eigenvalue weighted by atomic mass is 10.2. The van der Waals surface area contributed by atoms with Gasteiger partial charge >= 0.3 is 0 Å². The van der Waals surface area contributed by atoms with E-state index in [1.54, 1.807) is 24.4 Å². The molecule has 0 aliphatic carbocycles. The van der Waals surface area contributed by atoms with Crippen molar-refractivity contribution in [2.75, 3.05) is 7.11 Å². The number of nitrogens with zero attached hydrogens (tertiary/aromatic N) is 2. The smallest absolute Gasteiger partial charge is 0.174 e. The Labute approximate surface area is 107 Å². The third-order valence-electron chi connectivity index (χ3n) is 1.93. The summed E-state index contributed by atoms with van der Waals surface area (Å²) in [6, 6.07) is 5.60. The Morgan fingerprint density at radius 3 is 3.06 bits per heavy atom. The normalized spacial score (nSPS) is 10.4. The van der Waals surface area contributed by atoms with Gasteiger partial charge in [0.2, 0.25) is 0 Å². The molecule has 0 atom stereocenters. The lowest BCUT2D eigenvalue weighted by molar-refractivity contribution is 0.411. The van der Waals surface area contributed by atoms with Crippen LogP contribution in [-0.4, -0.2) is 17.3 Å². The van der Waals surface area contributed by atoms with Crippen LogP contribution in [0.3, 0.4) is 0 Å². The molecule has 16 heavy (non-hydrogen) atoms. The number of halogens is 1. The molecule has 0 spiro atoms. The number of hydrogen-bond acceptors (Lipinski definition) is 5. The predicted molar refractivity (Wildman–Crippen MR) is 67.5 cm³/mol. The van der Waals surface area contributed by atoms with Gasteiger partial charge in [0.1, 0.15) is 11.3 Å². The molecule has 0 aliphatic heterocycles. The molecule has 1 aromatic carbocycles. The second-order valence-corrected chi connectivity index (χ2v) is 5.44. The highest BCUT2D eigenvalue weighted by Gasteiger charge is 2.06. The maximum absolute atomic E-state index is 5.94. The molecule has 84 valence electrons. The quantitative estimate of drug-likeness (QED) is 0.798. The number of ether oxygens (including phenoxy) is 1. The van der Waals surface area contributed by atoms with Crippen LogP contribution in [0.15, 0.2) is 28.0 Å². The Balaban J connectivity index is 2.11. The molecule has 0 unspecified atom stereocenters. The van der Waals surface area contributed by atoms with Gasteiger partial charge in [-0.15, -0.1) is 10.2 Å². The van der Waals surface area contributed by atoms with Gasteiger partial charge in [0.05, 0.1) is 7.11 Å². The van der Waals surface area contributed by atoms with Gasteiger partial charge in [-0.3, -0.25) is 0 Å². The first kappa shape index (κ1) is 11.7. The molecule has 2 rings (SSSR count). The average molecular weight is 273 g/mol. The Hall–Kier alpha value is -0.780. The van der Waals surface area contributed by atoms with E-state index in [2.05, 4.69) is 10.2 Å². The van der Waals surface area contributed by atoms with Crippen molar-refractivity contribution in [1.29, 1.82) is 0 Å². The van der Waals surface area contributed by atoms with E-state index in [0.29, 0.717) is 5.02 Å². The van der Waals surface area contributed by atoms with E-state index in [4.69, 9.17) is 16.3 Å². The van der Waals surface area contributed by atoms with Crippen LogP contribution in [0, 0.1) is 0 Å². The van der Waals surface area contributed by atoms with Crippen molar-refractivity contribution in [3.05, 3.63) is 34.3 Å². The molecular weight excluding hydrogens is 264 g/mol. The summed E-state index contributed by atoms with van der Waals surface area (Å²) >= 11 is 9.10. The van der Waals surface area contributed by atoms with E-state index < -0.39 is 0 Å². The van der Waals surface area contributed by atoms with E-state index in [1.807, 2.05) is 18.2 Å². The van der Waals surface area contributed by atoms with Gasteiger partial charge in [-0.2, -0.15) is 0 Å². The third kappa shape index (κ3) is 2.87. The molecule has 0 saturated carbocycles. The zero-order valence-electron chi connectivity index (χ0n) is 8.51. The van der Waals surface area contributed by atoms with Crippen LogP contribution in [0.5, 0.6) is 5.75 Å². The molecule has 0 bridgehead atoms. The first-order chi connectivity index (χ1) is 7.79. The molecule has 0 radical (unpaired) electrons. The fourth-order valence-corrected chi connectivity index (χ4v) is 2.89. The highest BCUT2D eigenvalue weighted by molar-refractivity contribution is 8.00. The zero-order chi connectivity index (χ0) is 11.4. The lowest BCUT2D eigenvalue weighted by Crippen LogP contribution is -1.90. The molecule has 0 aliphatic rings. The number of thioether (sulfide) groups is 1. The second-order valence-electron chi connectivity index (χ2n) is 2.95. The van der Waals surface area contributed by atoms with Crippen molar-refractivity contribution < 1.29 is 4.74 Å². The van der Waals surface area contributed by atoms with Crippen molar-refractivity contribution in [2.45, 2.75) is 10.1 Å². The summed E-state index contributed by atoms with van der Waals surface area (Å²) in [5.41, 5.74) is 2.78. The van der Waals surface area contributed by atoms with Crippen LogP contribution < -0.4 is 4.74 Å². The molecule has 6 heteroatoms. The molecule has 3 nitrogen and oxygen atoms in total. The minimum absolute atomic E-state index is 0.716. The van der Waals surface area contributed by atoms with Crippen LogP contribution in [0.4, 0.5) is 0 Å². The Morgan fingerprint density at radius 1 is 1.50 bits per heavy atom. The Morgan fingerprint density at radius 2 is 2.38 bits per heavy atom. The van der Waals surface area contributed by atoms with E-state index in [9.17, 15) is 0 Å². The summed E-state index contributed by atoms with van der Waals surface area (Å²) in [7, 11) is 1.66. The molecule has 0 amide bonds. The van der Waals surface area contributed by atoms with Crippen molar-refractivity contribution in [1.82, 2.24) is 10.2 Å². The van der Waals surface area contributed by atoms with Crippen LogP contribution in [0.25, 0.3) is 0 Å². The predicted octanol–water partition coefficient (Wildman–Crippen LogP) is 3.49. The summed E-state index contributed by atoms with van der Waals surface area (Å²) in [4.78, 5) is 0. The minimum atomic E-state index is 0.716. The molecule has 0 saturated heterocycles. The van der Waals surface area contributed by atoms with Gasteiger partial charge in [0.25, 0.3) is 0 Å². The molecule has 0 N–H and O–H groups in total. The van der Waals surface area contributed by atoms with Crippen LogP contribution >= 0.6 is 34.7 Å². The fourth-order valence-electron chi connectivity index (χ4n) is 1.23. The minimum Gasteiger partial charge on any atom is -0.496 e. The first-order valence-electron chi connectivity index (χ1n) is 4.51. The molecule has 1 aromatic heterocycles. The van der Waals surface area contributed by atoms with Gasteiger partial charge in [0, 0.05) is 16.3 Å². The van der Waals surface area contributed by atoms with E-state index in [-0.39, 0.29) is 0 Å². The van der Waals surface area contributed by atoms with Crippen LogP contribution in [0.2, 0.25) is 5.02 Å². The van der Waals surface area contributed by atoms with Crippen molar-refractivity contribution in [3.63, 3.8) is 0 Å². The summed E-state index contributed by atoms with van der Waals surface area (Å²) < 4.78 is 6.21. The van der Waals surface area contributed by atoms with Gasteiger partial charge in [-0.05, 0) is 18.2 Å². The maximum atomic E-state index is 5.94. The van der Waals surface area contributed by atoms with Crippen molar-refractivity contribution >= 4 is 34.7 Å². The molecule has 1 heterocycles. The second kappa shape index (κ2) is 5.52. The highest BCUT2D eigenvalue weighted by Crippen LogP contribution is 2.30. The monoisotopic (exact) mass is 272 g/mol. The van der Waals surface area contributed by atoms with Gasteiger partial charge in [-0.25, -0.2) is 0 Å². The highest BCUT2D eigenvalue weighted by atomic mass is 35.5. The largest absolute Gasteiger partial charge is 0.496 e. The van der Waals surface area contributed by atoms with E-state index >= 15 is 0 Å². The number of aromatic nitrogens is 2. The zero-order valence-corrected chi connectivity index (χ0v) is 10.9. The van der Waals surface area contributed by atoms with E-state index in [0.717, 1.165) is 21.4 Å². The SMILES string of the molecule is COc1ccc(Cl)cc1CSc1nncs1. The standard InChI is InChI=1S/C10H9ClN2OS2/c1-14-9-3-2-8(11)4-7(9)5-15-10-13-12-6-16-10/h2-4,6H,5H2,1H3. The average Bonchev–Trinajstić information content (AvgIpc) is 2.79. The van der Waals surface area contributed by atoms with Crippen molar-refractivity contribution in [3.8, 4) is 5.75 Å². The molecular formula is C10H9ClN2OS2. The van der Waals surface area contributed by atoms with E-state index in [1.165, 1.54) is 11.3 Å². The molecule has 0 fully saturated rings. The van der Waals surface area contributed by atoms with Gasteiger partial charge in [-0.1, -0.05) is 34.7 Å². The maximum Gasteiger partial charge on any atom is 0.174 e. The van der Waals surface area contributed by atoms with Gasteiger partial charge in [0.15, 0.2) is 4.34 Å². The molecule has 2 aromatic rings. The first-order valence-corrected chi connectivity index (χ1v) is 6.75. The number of rotatable bonds is 4. The Bertz CT molecular complexity index is 462. The lowest BCUT2D eigenvalue weighted by Gasteiger charge is -2.07. The number of benzene rings is 1. The van der Waals surface area contributed by atoms with Gasteiger partial charge < -0.3 is 4.74 Å². The van der Waals surface area contributed by atoms with Crippen LogP contribution in [-0.2, 0) is 5.75 Å². The Kier molecular flexibility index (Phi) is 4.04. The summed E-state index contributed by atoms with van der Waals surface area (Å²) in [6.45, 7) is 0. The number of methoxy groups -OCH3 is 1. The summed E-state index contributed by atoms with van der Waals surface area (Å²) in [6.07, 6.45) is 0. The third-order valence-corrected chi connectivity index (χ3v) is 4.08. The number of hydrogen-bond donors (Lipinski definition) is 0. The fraction of sp³-hybridized carbons (Fsp3) is 0.200.